The Labute approximate surface area is 164 Å². The van der Waals surface area contributed by atoms with Crippen LogP contribution in [0.5, 0.6) is 0 Å². The maximum absolute atomic E-state index is 12.4. The number of hydrogen-bond donors (Lipinski definition) is 1. The van der Waals surface area contributed by atoms with E-state index >= 15 is 0 Å². The predicted octanol–water partition coefficient (Wildman–Crippen LogP) is 3.20. The van der Waals surface area contributed by atoms with E-state index in [9.17, 15) is 14.7 Å². The van der Waals surface area contributed by atoms with Gasteiger partial charge in [-0.3, -0.25) is 4.79 Å². The molecule has 0 bridgehead atoms. The van der Waals surface area contributed by atoms with E-state index in [1.165, 1.54) is 13.3 Å². The Morgan fingerprint density at radius 3 is 2.41 bits per heavy atom. The third-order valence-electron chi connectivity index (χ3n) is 4.60. The Morgan fingerprint density at radius 1 is 1.30 bits per heavy atom. The summed E-state index contributed by atoms with van der Waals surface area (Å²) in [5, 5.41) is 11.1. The van der Waals surface area contributed by atoms with Crippen molar-refractivity contribution >= 4 is 23.7 Å². The third kappa shape index (κ3) is 5.81. The molecular formula is C19H27ClN2O5. The fourth-order valence-electron chi connectivity index (χ4n) is 3.25. The van der Waals surface area contributed by atoms with Crippen molar-refractivity contribution in [3.05, 3.63) is 29.0 Å². The van der Waals surface area contributed by atoms with Crippen molar-refractivity contribution in [3.8, 4) is 0 Å². The minimum Gasteiger partial charge on any atom is -0.469 e. The molecule has 2 atom stereocenters. The van der Waals surface area contributed by atoms with Gasteiger partial charge in [0.1, 0.15) is 10.8 Å². The van der Waals surface area contributed by atoms with Crippen molar-refractivity contribution in [3.63, 3.8) is 0 Å². The Hall–Kier alpha value is -1.86. The van der Waals surface area contributed by atoms with Gasteiger partial charge in [-0.2, -0.15) is 0 Å². The number of aliphatic hydroxyl groups excluding tert-OH is 1. The maximum Gasteiger partial charge on any atom is 0.410 e. The van der Waals surface area contributed by atoms with E-state index in [0.29, 0.717) is 36.6 Å². The molecule has 1 aromatic heterocycles. The number of amides is 1. The summed E-state index contributed by atoms with van der Waals surface area (Å²) < 4.78 is 10.3. The van der Waals surface area contributed by atoms with Gasteiger partial charge in [-0.15, -0.1) is 0 Å². The van der Waals surface area contributed by atoms with Crippen LogP contribution < -0.4 is 0 Å². The lowest BCUT2D eigenvalue weighted by Gasteiger charge is -2.37. The molecule has 0 aliphatic carbocycles. The molecule has 0 spiro atoms. The topological polar surface area (TPSA) is 89.0 Å². The highest BCUT2D eigenvalue weighted by Gasteiger charge is 2.39. The van der Waals surface area contributed by atoms with Gasteiger partial charge in [-0.25, -0.2) is 9.78 Å². The molecule has 2 heterocycles. The first-order valence-electron chi connectivity index (χ1n) is 8.97. The number of nitrogens with zero attached hydrogens (tertiary/aromatic N) is 2. The molecule has 2 unspecified atom stereocenters. The second-order valence-electron chi connectivity index (χ2n) is 7.71. The van der Waals surface area contributed by atoms with E-state index in [4.69, 9.17) is 21.1 Å². The summed E-state index contributed by atoms with van der Waals surface area (Å²) in [5.41, 5.74) is -0.0512. The molecule has 8 heteroatoms. The molecule has 1 aliphatic heterocycles. The Balaban J connectivity index is 2.07. The molecule has 0 saturated carbocycles. The zero-order valence-electron chi connectivity index (χ0n) is 16.1. The zero-order valence-corrected chi connectivity index (χ0v) is 16.9. The summed E-state index contributed by atoms with van der Waals surface area (Å²) in [5.74, 6) is -1.34. The van der Waals surface area contributed by atoms with Gasteiger partial charge in [0.15, 0.2) is 0 Å². The number of carbonyl (C=O) groups is 2. The highest BCUT2D eigenvalue weighted by Crippen LogP contribution is 2.35. The van der Waals surface area contributed by atoms with Crippen LogP contribution in [0.15, 0.2) is 18.3 Å². The van der Waals surface area contributed by atoms with Crippen LogP contribution in [0.25, 0.3) is 0 Å². The van der Waals surface area contributed by atoms with Crippen LogP contribution in [0.4, 0.5) is 4.79 Å². The number of aromatic nitrogens is 1. The fraction of sp³-hybridized carbons (Fsp3) is 0.632. The number of ether oxygens (including phenoxy) is 2. The van der Waals surface area contributed by atoms with Gasteiger partial charge >= 0.3 is 12.1 Å². The van der Waals surface area contributed by atoms with E-state index in [-0.39, 0.29) is 12.0 Å². The standard InChI is InChI=1S/C19H27ClN2O5/c1-19(2,3)27-18(25)22-9-7-12(8-10-22)15(17(24)26-4)16(23)13-5-6-14(20)21-11-13/h5-6,11-12,15-16,23H,7-10H2,1-4H3. The number of methoxy groups -OCH3 is 1. The van der Waals surface area contributed by atoms with Gasteiger partial charge in [-0.1, -0.05) is 17.7 Å². The largest absolute Gasteiger partial charge is 0.469 e. The number of rotatable bonds is 4. The van der Waals surface area contributed by atoms with Crippen molar-refractivity contribution < 1.29 is 24.2 Å². The van der Waals surface area contributed by atoms with Gasteiger partial charge in [0.2, 0.25) is 0 Å². The smallest absolute Gasteiger partial charge is 0.410 e. The minimum absolute atomic E-state index is 0.123. The van der Waals surface area contributed by atoms with Gasteiger partial charge in [0.05, 0.1) is 19.1 Å². The van der Waals surface area contributed by atoms with Crippen LogP contribution in [0.2, 0.25) is 5.15 Å². The zero-order chi connectivity index (χ0) is 20.2. The molecule has 7 nitrogen and oxygen atoms in total. The number of likely N-dealkylation sites (tertiary alicyclic amines) is 1. The molecule has 27 heavy (non-hydrogen) atoms. The van der Waals surface area contributed by atoms with Crippen LogP contribution in [-0.4, -0.2) is 52.9 Å². The number of carbonyl (C=O) groups excluding carboxylic acids is 2. The van der Waals surface area contributed by atoms with Crippen molar-refractivity contribution in [1.29, 1.82) is 0 Å². The maximum atomic E-state index is 12.4. The van der Waals surface area contributed by atoms with Crippen LogP contribution in [0, 0.1) is 11.8 Å². The third-order valence-corrected chi connectivity index (χ3v) is 4.83. The Morgan fingerprint density at radius 2 is 1.93 bits per heavy atom. The fourth-order valence-corrected chi connectivity index (χ4v) is 3.36. The molecule has 1 aromatic rings. The molecule has 2 rings (SSSR count). The van der Waals surface area contributed by atoms with Gasteiger partial charge in [0, 0.05) is 19.3 Å². The molecular weight excluding hydrogens is 372 g/mol. The molecule has 1 fully saturated rings. The van der Waals surface area contributed by atoms with Gasteiger partial charge in [0.25, 0.3) is 0 Å². The van der Waals surface area contributed by atoms with E-state index in [1.54, 1.807) is 17.0 Å². The monoisotopic (exact) mass is 398 g/mol. The van der Waals surface area contributed by atoms with Crippen LogP contribution in [0.3, 0.4) is 0 Å². The summed E-state index contributed by atoms with van der Waals surface area (Å²) in [6, 6.07) is 3.21. The number of pyridine rings is 1. The first-order chi connectivity index (χ1) is 12.6. The number of piperidine rings is 1. The number of esters is 1. The summed E-state index contributed by atoms with van der Waals surface area (Å²) in [4.78, 5) is 30.2. The Bertz CT molecular complexity index is 651. The second-order valence-corrected chi connectivity index (χ2v) is 8.10. The summed E-state index contributed by atoms with van der Waals surface area (Å²) in [6.07, 6.45) is 1.17. The normalized spacial score (nSPS) is 17.9. The molecule has 150 valence electrons. The molecule has 1 saturated heterocycles. The molecule has 1 aliphatic rings. The van der Waals surface area contributed by atoms with Crippen molar-refractivity contribution in [1.82, 2.24) is 9.88 Å². The van der Waals surface area contributed by atoms with E-state index in [0.717, 1.165) is 0 Å². The first kappa shape index (κ1) is 21.4. The summed E-state index contributed by atoms with van der Waals surface area (Å²) >= 11 is 5.79. The van der Waals surface area contributed by atoms with Crippen LogP contribution >= 0.6 is 11.6 Å². The summed E-state index contributed by atoms with van der Waals surface area (Å²) in [7, 11) is 1.30. The van der Waals surface area contributed by atoms with Gasteiger partial charge in [-0.05, 0) is 51.2 Å². The lowest BCUT2D eigenvalue weighted by atomic mass is 9.79. The van der Waals surface area contributed by atoms with Gasteiger partial charge < -0.3 is 19.5 Å². The van der Waals surface area contributed by atoms with Crippen molar-refractivity contribution in [2.24, 2.45) is 11.8 Å². The summed E-state index contributed by atoms with van der Waals surface area (Å²) in [6.45, 7) is 6.38. The van der Waals surface area contributed by atoms with Crippen LogP contribution in [0.1, 0.15) is 45.3 Å². The first-order valence-corrected chi connectivity index (χ1v) is 9.35. The number of hydrogen-bond acceptors (Lipinski definition) is 6. The lowest BCUT2D eigenvalue weighted by molar-refractivity contribution is -0.153. The molecule has 0 radical (unpaired) electrons. The molecule has 1 amide bonds. The van der Waals surface area contributed by atoms with E-state index in [1.807, 2.05) is 20.8 Å². The van der Waals surface area contributed by atoms with Crippen molar-refractivity contribution in [2.45, 2.75) is 45.3 Å². The van der Waals surface area contributed by atoms with E-state index < -0.39 is 23.6 Å². The second kappa shape index (κ2) is 8.89. The van der Waals surface area contributed by atoms with E-state index in [2.05, 4.69) is 4.98 Å². The number of aliphatic hydroxyl groups is 1. The predicted molar refractivity (Wildman–Crippen MR) is 100 cm³/mol. The SMILES string of the molecule is COC(=O)C(C1CCN(C(=O)OC(C)(C)C)CC1)C(O)c1ccc(Cl)nc1. The molecule has 1 N–H and O–H groups in total. The number of halogens is 1. The van der Waals surface area contributed by atoms with Crippen molar-refractivity contribution in [2.75, 3.05) is 20.2 Å². The minimum atomic E-state index is -1.06. The highest BCUT2D eigenvalue weighted by atomic mass is 35.5. The average molecular weight is 399 g/mol. The quantitative estimate of drug-likeness (QED) is 0.618. The lowest BCUT2D eigenvalue weighted by Crippen LogP contribution is -2.44. The van der Waals surface area contributed by atoms with Crippen LogP contribution in [-0.2, 0) is 14.3 Å². The average Bonchev–Trinajstić information content (AvgIpc) is 2.61. The molecule has 0 aromatic carbocycles. The Kier molecular flexibility index (Phi) is 7.06. The highest BCUT2D eigenvalue weighted by molar-refractivity contribution is 6.29.